The second-order valence-corrected chi connectivity index (χ2v) is 14.4. The minimum Gasteiger partial charge on any atom is -0.457 e. The van der Waals surface area contributed by atoms with Crippen LogP contribution in [0.5, 0.6) is 0 Å². The monoisotopic (exact) mass is 438 g/mol. The number of esters is 1. The average Bonchev–Trinajstić information content (AvgIpc) is 2.68. The standard InChI is InChI=1S/C27H38O3Si/c1-22(16-14-15-21-25(28)29-26(2,3)4)30-31(27(5,6)7,23-17-10-8-11-18-23)24-19-12-9-13-20-24/h8-13,15,17-22H,14,16H2,1-7H3/b21-15+/t22-/m1/s1. The number of carbonyl (C=O) groups excluding carboxylic acids is 1. The van der Waals surface area contributed by atoms with E-state index in [1.165, 1.54) is 16.4 Å². The molecule has 0 heterocycles. The molecule has 0 saturated carbocycles. The summed E-state index contributed by atoms with van der Waals surface area (Å²) in [6.45, 7) is 14.6. The molecule has 3 nitrogen and oxygen atoms in total. The first-order valence-electron chi connectivity index (χ1n) is 11.1. The van der Waals surface area contributed by atoms with Gasteiger partial charge in [0.2, 0.25) is 0 Å². The summed E-state index contributed by atoms with van der Waals surface area (Å²) in [7, 11) is -2.54. The van der Waals surface area contributed by atoms with Crippen LogP contribution in [-0.2, 0) is 14.0 Å². The fourth-order valence-electron chi connectivity index (χ4n) is 3.90. The number of hydrogen-bond acceptors (Lipinski definition) is 3. The Bertz CT molecular complexity index is 806. The van der Waals surface area contributed by atoms with E-state index in [9.17, 15) is 4.79 Å². The minimum atomic E-state index is -2.54. The van der Waals surface area contributed by atoms with Gasteiger partial charge >= 0.3 is 5.97 Å². The first kappa shape index (κ1) is 25.1. The van der Waals surface area contributed by atoms with Gasteiger partial charge in [-0.1, -0.05) is 87.5 Å². The molecular formula is C27H38O3Si. The summed E-state index contributed by atoms with van der Waals surface area (Å²) in [4.78, 5) is 11.9. The van der Waals surface area contributed by atoms with Crippen molar-refractivity contribution in [3.8, 4) is 0 Å². The lowest BCUT2D eigenvalue weighted by Crippen LogP contribution is -2.67. The molecule has 0 N–H and O–H groups in total. The summed E-state index contributed by atoms with van der Waals surface area (Å²) in [5.74, 6) is -0.298. The second kappa shape index (κ2) is 10.4. The number of ether oxygens (including phenoxy) is 1. The van der Waals surface area contributed by atoms with E-state index in [1.54, 1.807) is 0 Å². The van der Waals surface area contributed by atoms with Crippen molar-refractivity contribution < 1.29 is 14.0 Å². The third-order valence-corrected chi connectivity index (χ3v) is 10.4. The van der Waals surface area contributed by atoms with Crippen molar-refractivity contribution in [1.82, 2.24) is 0 Å². The van der Waals surface area contributed by atoms with Crippen LogP contribution in [-0.4, -0.2) is 26.0 Å². The zero-order valence-electron chi connectivity index (χ0n) is 20.1. The normalized spacial score (nSPS) is 13.9. The molecule has 0 aromatic heterocycles. The van der Waals surface area contributed by atoms with Crippen LogP contribution in [0.2, 0.25) is 5.04 Å². The maximum atomic E-state index is 11.9. The number of allylic oxidation sites excluding steroid dienone is 1. The van der Waals surface area contributed by atoms with Crippen molar-refractivity contribution >= 4 is 24.7 Å². The maximum Gasteiger partial charge on any atom is 0.330 e. The van der Waals surface area contributed by atoms with Crippen LogP contribution in [0.1, 0.15) is 61.3 Å². The van der Waals surface area contributed by atoms with Gasteiger partial charge in [0.1, 0.15) is 5.60 Å². The Labute approximate surface area is 189 Å². The molecule has 0 spiro atoms. The van der Waals surface area contributed by atoms with Gasteiger partial charge in [0.15, 0.2) is 0 Å². The summed E-state index contributed by atoms with van der Waals surface area (Å²) in [5, 5.41) is 2.52. The number of benzene rings is 2. The molecule has 0 aliphatic heterocycles. The van der Waals surface area contributed by atoms with Gasteiger partial charge in [0.05, 0.1) is 0 Å². The van der Waals surface area contributed by atoms with Gasteiger partial charge in [-0.05, 0) is 55.9 Å². The van der Waals surface area contributed by atoms with E-state index in [4.69, 9.17) is 9.16 Å². The smallest absolute Gasteiger partial charge is 0.330 e. The number of rotatable bonds is 8. The zero-order valence-corrected chi connectivity index (χ0v) is 21.1. The Morgan fingerprint density at radius 2 is 1.39 bits per heavy atom. The van der Waals surface area contributed by atoms with Crippen LogP contribution in [0.25, 0.3) is 0 Å². The molecule has 2 rings (SSSR count). The maximum absolute atomic E-state index is 11.9. The fourth-order valence-corrected chi connectivity index (χ4v) is 8.63. The quantitative estimate of drug-likeness (QED) is 0.304. The lowest BCUT2D eigenvalue weighted by atomic mass is 10.2. The van der Waals surface area contributed by atoms with Crippen LogP contribution in [0.15, 0.2) is 72.8 Å². The molecule has 0 bridgehead atoms. The third kappa shape index (κ3) is 6.91. The molecule has 0 saturated heterocycles. The Hall–Kier alpha value is -2.17. The molecule has 0 fully saturated rings. The molecule has 4 heteroatoms. The fraction of sp³-hybridized carbons (Fsp3) is 0.444. The molecule has 0 aliphatic carbocycles. The van der Waals surface area contributed by atoms with Gasteiger partial charge in [0.25, 0.3) is 8.32 Å². The van der Waals surface area contributed by atoms with E-state index in [2.05, 4.69) is 88.4 Å². The van der Waals surface area contributed by atoms with Crippen molar-refractivity contribution in [2.75, 3.05) is 0 Å². The van der Waals surface area contributed by atoms with Gasteiger partial charge in [-0.15, -0.1) is 0 Å². The van der Waals surface area contributed by atoms with Gasteiger partial charge in [0, 0.05) is 12.2 Å². The lowest BCUT2D eigenvalue weighted by Gasteiger charge is -2.44. The SMILES string of the molecule is C[C@H](CC/C=C/C(=O)OC(C)(C)C)O[Si](c1ccccc1)(c1ccccc1)C(C)(C)C. The summed E-state index contributed by atoms with van der Waals surface area (Å²) in [6, 6.07) is 21.3. The van der Waals surface area contributed by atoms with Crippen molar-refractivity contribution in [3.63, 3.8) is 0 Å². The van der Waals surface area contributed by atoms with E-state index >= 15 is 0 Å². The third-order valence-electron chi connectivity index (χ3n) is 5.20. The van der Waals surface area contributed by atoms with Crippen LogP contribution in [0, 0.1) is 0 Å². The minimum absolute atomic E-state index is 0.0453. The molecule has 168 valence electrons. The topological polar surface area (TPSA) is 35.5 Å². The Morgan fingerprint density at radius 3 is 1.81 bits per heavy atom. The van der Waals surface area contributed by atoms with Crippen LogP contribution in [0.3, 0.4) is 0 Å². The summed E-state index contributed by atoms with van der Waals surface area (Å²) in [6.07, 6.45) is 5.07. The molecule has 31 heavy (non-hydrogen) atoms. The van der Waals surface area contributed by atoms with Crippen molar-refractivity contribution in [2.24, 2.45) is 0 Å². The molecule has 0 amide bonds. The number of hydrogen-bond donors (Lipinski definition) is 0. The Balaban J connectivity index is 2.23. The van der Waals surface area contributed by atoms with E-state index < -0.39 is 13.9 Å². The first-order chi connectivity index (χ1) is 14.5. The van der Waals surface area contributed by atoms with Crippen LogP contribution >= 0.6 is 0 Å². The van der Waals surface area contributed by atoms with E-state index in [-0.39, 0.29) is 17.1 Å². The number of carbonyl (C=O) groups is 1. The van der Waals surface area contributed by atoms with Crippen molar-refractivity contribution in [1.29, 1.82) is 0 Å². The van der Waals surface area contributed by atoms with Crippen molar-refractivity contribution in [3.05, 3.63) is 72.8 Å². The molecule has 0 radical (unpaired) electrons. The largest absolute Gasteiger partial charge is 0.457 e. The summed E-state index contributed by atoms with van der Waals surface area (Å²) >= 11 is 0. The average molecular weight is 439 g/mol. The van der Waals surface area contributed by atoms with Gasteiger partial charge in [-0.25, -0.2) is 4.79 Å². The van der Waals surface area contributed by atoms with Crippen molar-refractivity contribution in [2.45, 2.75) is 78.1 Å². The Kier molecular flexibility index (Phi) is 8.44. The van der Waals surface area contributed by atoms with Gasteiger partial charge in [-0.2, -0.15) is 0 Å². The predicted molar refractivity (Wildman–Crippen MR) is 132 cm³/mol. The molecule has 2 aromatic carbocycles. The van der Waals surface area contributed by atoms with Gasteiger partial charge in [-0.3, -0.25) is 0 Å². The van der Waals surface area contributed by atoms with Crippen LogP contribution < -0.4 is 10.4 Å². The molecule has 0 aliphatic rings. The highest BCUT2D eigenvalue weighted by atomic mass is 28.4. The highest BCUT2D eigenvalue weighted by molar-refractivity contribution is 6.99. The van der Waals surface area contributed by atoms with E-state index in [0.717, 1.165) is 12.8 Å². The molecular weight excluding hydrogens is 400 g/mol. The first-order valence-corrected chi connectivity index (χ1v) is 13.0. The second-order valence-electron chi connectivity index (χ2n) is 10.1. The highest BCUT2D eigenvalue weighted by Crippen LogP contribution is 2.37. The molecule has 0 unspecified atom stereocenters. The summed E-state index contributed by atoms with van der Waals surface area (Å²) in [5.41, 5.74) is -0.471. The van der Waals surface area contributed by atoms with Gasteiger partial charge < -0.3 is 9.16 Å². The molecule has 1 atom stereocenters. The van der Waals surface area contributed by atoms with E-state index in [0.29, 0.717) is 0 Å². The van der Waals surface area contributed by atoms with Crippen LogP contribution in [0.4, 0.5) is 0 Å². The highest BCUT2D eigenvalue weighted by Gasteiger charge is 2.50. The Morgan fingerprint density at radius 1 is 0.903 bits per heavy atom. The predicted octanol–water partition coefficient (Wildman–Crippen LogP) is 5.63. The summed E-state index contributed by atoms with van der Waals surface area (Å²) < 4.78 is 12.4. The zero-order chi connectivity index (χ0) is 23.1. The lowest BCUT2D eigenvalue weighted by molar-refractivity contribution is -0.148. The van der Waals surface area contributed by atoms with E-state index in [1.807, 2.05) is 26.8 Å². The molecule has 2 aromatic rings.